The average molecular weight is 257 g/mol. The number of nitrogens with zero attached hydrogens (tertiary/aromatic N) is 1. The third-order valence-electron chi connectivity index (χ3n) is 5.52. The second-order valence-corrected chi connectivity index (χ2v) is 6.84. The maximum absolute atomic E-state index is 4.32. The molecule has 0 spiro atoms. The van der Waals surface area contributed by atoms with Gasteiger partial charge in [-0.15, -0.1) is 0 Å². The molecule has 0 amide bonds. The van der Waals surface area contributed by atoms with Crippen LogP contribution in [-0.2, 0) is 6.54 Å². The molecule has 0 unspecified atom stereocenters. The molecule has 0 aliphatic heterocycles. The fraction of sp³-hybridized carbons (Fsp3) is 0.562. The topological polar surface area (TPSA) is 40.7 Å². The molecule has 1 saturated carbocycles. The molecule has 0 radical (unpaired) electrons. The summed E-state index contributed by atoms with van der Waals surface area (Å²) in [5.74, 6) is 0.767. The van der Waals surface area contributed by atoms with Gasteiger partial charge in [0.25, 0.3) is 0 Å². The monoisotopic (exact) mass is 257 g/mol. The summed E-state index contributed by atoms with van der Waals surface area (Å²) in [6.07, 6.45) is 3.89. The van der Waals surface area contributed by atoms with E-state index in [0.717, 1.165) is 24.7 Å². The van der Waals surface area contributed by atoms with Crippen LogP contribution in [-0.4, -0.2) is 16.5 Å². The third kappa shape index (κ3) is 1.88. The molecule has 1 fully saturated rings. The lowest BCUT2D eigenvalue weighted by molar-refractivity contribution is 0.457. The normalized spacial score (nSPS) is 20.8. The summed E-state index contributed by atoms with van der Waals surface area (Å²) in [5.41, 5.74) is 3.20. The molecular formula is C16H23N3. The molecule has 0 atom stereocenters. The Labute approximate surface area is 114 Å². The first-order chi connectivity index (χ1) is 8.94. The third-order valence-corrected chi connectivity index (χ3v) is 5.52. The van der Waals surface area contributed by atoms with E-state index >= 15 is 0 Å². The Morgan fingerprint density at radius 1 is 1.26 bits per heavy atom. The van der Waals surface area contributed by atoms with Gasteiger partial charge in [-0.25, -0.2) is 4.98 Å². The molecule has 3 nitrogen and oxygen atoms in total. The number of hydrogen-bond donors (Lipinski definition) is 2. The lowest BCUT2D eigenvalue weighted by Gasteiger charge is -2.05. The Bertz CT molecular complexity index is 581. The minimum atomic E-state index is 0.460. The smallest absolute Gasteiger partial charge is 0.137 e. The van der Waals surface area contributed by atoms with Crippen LogP contribution in [0.1, 0.15) is 33.3 Å². The Morgan fingerprint density at radius 3 is 2.68 bits per heavy atom. The molecule has 1 aliphatic carbocycles. The number of aromatic amines is 1. The summed E-state index contributed by atoms with van der Waals surface area (Å²) < 4.78 is 0. The molecule has 19 heavy (non-hydrogen) atoms. The van der Waals surface area contributed by atoms with E-state index < -0.39 is 0 Å². The first-order valence-electron chi connectivity index (χ1n) is 7.06. The van der Waals surface area contributed by atoms with Gasteiger partial charge in [0, 0.05) is 24.3 Å². The summed E-state index contributed by atoms with van der Waals surface area (Å²) in [6.45, 7) is 11.5. The summed E-state index contributed by atoms with van der Waals surface area (Å²) in [5, 5.41) is 4.83. The van der Waals surface area contributed by atoms with E-state index in [4.69, 9.17) is 0 Å². The lowest BCUT2D eigenvalue weighted by Crippen LogP contribution is -2.18. The van der Waals surface area contributed by atoms with E-state index in [1.807, 2.05) is 12.3 Å². The second-order valence-electron chi connectivity index (χ2n) is 6.84. The van der Waals surface area contributed by atoms with Crippen LogP contribution in [0.3, 0.4) is 0 Å². The molecule has 2 N–H and O–H groups in total. The Morgan fingerprint density at radius 2 is 2.00 bits per heavy atom. The van der Waals surface area contributed by atoms with Gasteiger partial charge in [0.2, 0.25) is 0 Å². The summed E-state index contributed by atoms with van der Waals surface area (Å²) in [4.78, 5) is 7.54. The van der Waals surface area contributed by atoms with Gasteiger partial charge in [-0.1, -0.05) is 27.7 Å². The van der Waals surface area contributed by atoms with Crippen molar-refractivity contribution in [1.82, 2.24) is 15.3 Å². The molecule has 102 valence electrons. The zero-order valence-corrected chi connectivity index (χ0v) is 12.2. The van der Waals surface area contributed by atoms with Gasteiger partial charge >= 0.3 is 0 Å². The van der Waals surface area contributed by atoms with Crippen molar-refractivity contribution in [3.05, 3.63) is 30.1 Å². The molecule has 2 aromatic rings. The van der Waals surface area contributed by atoms with Crippen LogP contribution in [0.2, 0.25) is 0 Å². The highest BCUT2D eigenvalue weighted by Gasteiger charge is 2.63. The zero-order valence-electron chi connectivity index (χ0n) is 12.2. The molecule has 3 rings (SSSR count). The number of rotatable bonds is 4. The lowest BCUT2D eigenvalue weighted by atomic mass is 10.0. The maximum Gasteiger partial charge on any atom is 0.137 e. The number of H-pyrrole nitrogens is 1. The van der Waals surface area contributed by atoms with Gasteiger partial charge in [-0.2, -0.15) is 0 Å². The molecule has 3 heteroatoms. The number of fused-ring (bicyclic) bond motifs is 1. The van der Waals surface area contributed by atoms with Gasteiger partial charge < -0.3 is 10.3 Å². The van der Waals surface area contributed by atoms with Gasteiger partial charge in [0.1, 0.15) is 5.65 Å². The molecule has 0 saturated heterocycles. The fourth-order valence-corrected chi connectivity index (χ4v) is 3.35. The van der Waals surface area contributed by atoms with Crippen molar-refractivity contribution in [2.45, 2.75) is 34.2 Å². The number of hydrogen-bond acceptors (Lipinski definition) is 2. The predicted octanol–water partition coefficient (Wildman–Crippen LogP) is 3.33. The SMILES string of the molecule is CC1(C)C(CNCc2c[nH]c3ncccc23)C1(C)C. The Hall–Kier alpha value is -1.35. The number of pyridine rings is 1. The minimum Gasteiger partial charge on any atom is -0.346 e. The van der Waals surface area contributed by atoms with Crippen molar-refractivity contribution in [2.24, 2.45) is 16.7 Å². The molecular weight excluding hydrogens is 234 g/mol. The van der Waals surface area contributed by atoms with Crippen LogP contribution in [0, 0.1) is 16.7 Å². The minimum absolute atomic E-state index is 0.460. The number of nitrogens with one attached hydrogen (secondary N) is 2. The first-order valence-corrected chi connectivity index (χ1v) is 7.06. The Kier molecular flexibility index (Phi) is 2.72. The molecule has 0 aromatic carbocycles. The van der Waals surface area contributed by atoms with Gasteiger partial charge in [-0.05, 0) is 41.0 Å². The Balaban J connectivity index is 1.62. The van der Waals surface area contributed by atoms with Crippen molar-refractivity contribution in [2.75, 3.05) is 6.54 Å². The summed E-state index contributed by atoms with van der Waals surface area (Å²) >= 11 is 0. The largest absolute Gasteiger partial charge is 0.346 e. The van der Waals surface area contributed by atoms with Crippen molar-refractivity contribution >= 4 is 11.0 Å². The van der Waals surface area contributed by atoms with Crippen LogP contribution in [0.5, 0.6) is 0 Å². The predicted molar refractivity (Wildman–Crippen MR) is 78.9 cm³/mol. The quantitative estimate of drug-likeness (QED) is 0.882. The first kappa shape index (κ1) is 12.7. The van der Waals surface area contributed by atoms with E-state index in [0.29, 0.717) is 10.8 Å². The van der Waals surface area contributed by atoms with Crippen molar-refractivity contribution < 1.29 is 0 Å². The van der Waals surface area contributed by atoms with Crippen molar-refractivity contribution in [3.8, 4) is 0 Å². The van der Waals surface area contributed by atoms with Crippen LogP contribution in [0.15, 0.2) is 24.5 Å². The highest BCUT2D eigenvalue weighted by molar-refractivity contribution is 5.79. The van der Waals surface area contributed by atoms with E-state index in [1.165, 1.54) is 10.9 Å². The van der Waals surface area contributed by atoms with Gasteiger partial charge in [0.15, 0.2) is 0 Å². The maximum atomic E-state index is 4.32. The van der Waals surface area contributed by atoms with Crippen molar-refractivity contribution in [1.29, 1.82) is 0 Å². The van der Waals surface area contributed by atoms with E-state index in [-0.39, 0.29) is 0 Å². The van der Waals surface area contributed by atoms with E-state index in [9.17, 15) is 0 Å². The standard InChI is InChI=1S/C16H23N3/c1-15(2)13(16(15,3)4)10-17-8-11-9-19-14-12(11)6-5-7-18-14/h5-7,9,13,17H,8,10H2,1-4H3,(H,18,19). The fourth-order valence-electron chi connectivity index (χ4n) is 3.35. The summed E-state index contributed by atoms with van der Waals surface area (Å²) in [7, 11) is 0. The zero-order chi connectivity index (χ0) is 13.7. The highest BCUT2D eigenvalue weighted by Crippen LogP contribution is 2.67. The van der Waals surface area contributed by atoms with Crippen molar-refractivity contribution in [3.63, 3.8) is 0 Å². The van der Waals surface area contributed by atoms with Gasteiger partial charge in [0.05, 0.1) is 0 Å². The average Bonchev–Trinajstić information content (AvgIpc) is 2.68. The van der Waals surface area contributed by atoms with Crippen LogP contribution < -0.4 is 5.32 Å². The van der Waals surface area contributed by atoms with E-state index in [1.54, 1.807) is 0 Å². The molecule has 2 aromatic heterocycles. The second kappa shape index (κ2) is 4.07. The van der Waals surface area contributed by atoms with Crippen LogP contribution in [0.25, 0.3) is 11.0 Å². The van der Waals surface area contributed by atoms with Gasteiger partial charge in [-0.3, -0.25) is 0 Å². The highest BCUT2D eigenvalue weighted by atomic mass is 14.9. The molecule has 2 heterocycles. The number of aromatic nitrogens is 2. The molecule has 1 aliphatic rings. The van der Waals surface area contributed by atoms with E-state index in [2.05, 4.69) is 55.2 Å². The molecule has 0 bridgehead atoms. The summed E-state index contributed by atoms with van der Waals surface area (Å²) in [6, 6.07) is 4.12. The van der Waals surface area contributed by atoms with Crippen LogP contribution >= 0.6 is 0 Å². The van der Waals surface area contributed by atoms with Crippen LogP contribution in [0.4, 0.5) is 0 Å².